The van der Waals surface area contributed by atoms with Crippen LogP contribution in [0, 0.1) is 0 Å². The van der Waals surface area contributed by atoms with Crippen molar-refractivity contribution < 1.29 is 5.11 Å². The van der Waals surface area contributed by atoms with E-state index in [1.54, 1.807) is 23.5 Å². The molecule has 7 heteroatoms. The zero-order chi connectivity index (χ0) is 18.3. The minimum atomic E-state index is -0.135. The normalized spacial score (nSPS) is 14.2. The van der Waals surface area contributed by atoms with Crippen LogP contribution >= 0.6 is 22.9 Å². The van der Waals surface area contributed by atoms with Gasteiger partial charge in [-0.3, -0.25) is 4.79 Å². The van der Waals surface area contributed by atoms with E-state index in [0.29, 0.717) is 28.2 Å². The number of phenols is 1. The number of aromatic nitrogens is 2. The maximum absolute atomic E-state index is 13.1. The van der Waals surface area contributed by atoms with Gasteiger partial charge in [0.25, 0.3) is 5.56 Å². The Balaban J connectivity index is 1.88. The van der Waals surface area contributed by atoms with E-state index in [9.17, 15) is 9.90 Å². The van der Waals surface area contributed by atoms with Crippen LogP contribution in [-0.2, 0) is 19.3 Å². The Morgan fingerprint density at radius 2 is 2.19 bits per heavy atom. The highest BCUT2D eigenvalue weighted by Gasteiger charge is 2.21. The molecule has 5 nitrogen and oxygen atoms in total. The van der Waals surface area contributed by atoms with Gasteiger partial charge >= 0.3 is 0 Å². The third-order valence-electron chi connectivity index (χ3n) is 4.65. The van der Waals surface area contributed by atoms with Crippen LogP contribution in [0.4, 0.5) is 0 Å². The van der Waals surface area contributed by atoms with E-state index >= 15 is 0 Å². The van der Waals surface area contributed by atoms with Crippen molar-refractivity contribution in [2.24, 2.45) is 5.10 Å². The number of hydrogen-bond acceptors (Lipinski definition) is 5. The van der Waals surface area contributed by atoms with Crippen LogP contribution in [0.5, 0.6) is 5.75 Å². The highest BCUT2D eigenvalue weighted by molar-refractivity contribution is 7.18. The molecule has 3 aromatic rings. The summed E-state index contributed by atoms with van der Waals surface area (Å²) in [7, 11) is 0. The molecule has 0 fully saturated rings. The Morgan fingerprint density at radius 3 is 3.00 bits per heavy atom. The molecule has 1 N–H and O–H groups in total. The van der Waals surface area contributed by atoms with Crippen LogP contribution < -0.4 is 5.56 Å². The minimum Gasteiger partial charge on any atom is -0.507 e. The molecule has 2 heterocycles. The molecule has 0 atom stereocenters. The van der Waals surface area contributed by atoms with E-state index in [4.69, 9.17) is 16.6 Å². The number of aryl methyl sites for hydroxylation is 3. The van der Waals surface area contributed by atoms with Crippen molar-refractivity contribution >= 4 is 39.4 Å². The van der Waals surface area contributed by atoms with E-state index in [2.05, 4.69) is 5.10 Å². The second kappa shape index (κ2) is 6.85. The van der Waals surface area contributed by atoms with E-state index in [0.717, 1.165) is 29.7 Å². The number of fused-ring (bicyclic) bond motifs is 3. The molecule has 26 heavy (non-hydrogen) atoms. The van der Waals surface area contributed by atoms with Gasteiger partial charge in [-0.2, -0.15) is 9.78 Å². The summed E-state index contributed by atoms with van der Waals surface area (Å²) in [6.45, 7) is 1.95. The van der Waals surface area contributed by atoms with Gasteiger partial charge in [0, 0.05) is 21.9 Å². The van der Waals surface area contributed by atoms with E-state index in [1.165, 1.54) is 28.3 Å². The largest absolute Gasteiger partial charge is 0.507 e. The number of halogens is 1. The lowest BCUT2D eigenvalue weighted by atomic mass is 9.97. The van der Waals surface area contributed by atoms with Crippen molar-refractivity contribution in [2.45, 2.75) is 39.0 Å². The Bertz CT molecular complexity index is 1080. The van der Waals surface area contributed by atoms with E-state index in [-0.39, 0.29) is 11.3 Å². The predicted molar refractivity (Wildman–Crippen MR) is 106 cm³/mol. The molecule has 0 saturated heterocycles. The number of hydrogen-bond donors (Lipinski definition) is 1. The monoisotopic (exact) mass is 387 g/mol. The Hall–Kier alpha value is -2.18. The highest BCUT2D eigenvalue weighted by Crippen LogP contribution is 2.33. The fourth-order valence-electron chi connectivity index (χ4n) is 3.34. The first-order valence-electron chi connectivity index (χ1n) is 8.67. The smallest absolute Gasteiger partial charge is 0.283 e. The molecule has 0 amide bonds. The lowest BCUT2D eigenvalue weighted by Crippen LogP contribution is -2.22. The van der Waals surface area contributed by atoms with Crippen LogP contribution in [0.25, 0.3) is 10.2 Å². The van der Waals surface area contributed by atoms with Crippen molar-refractivity contribution in [1.29, 1.82) is 0 Å². The Morgan fingerprint density at radius 1 is 1.38 bits per heavy atom. The molecular formula is C19H18ClN3O2S. The number of thiophene rings is 1. The Labute approximate surface area is 159 Å². The summed E-state index contributed by atoms with van der Waals surface area (Å²) in [6.07, 6.45) is 6.27. The van der Waals surface area contributed by atoms with Gasteiger partial charge < -0.3 is 5.11 Å². The summed E-state index contributed by atoms with van der Waals surface area (Å²) in [5.41, 5.74) is 1.47. The first-order chi connectivity index (χ1) is 12.6. The summed E-state index contributed by atoms with van der Waals surface area (Å²) in [4.78, 5) is 19.9. The standard InChI is InChI=1S/C19H18ClN3O2S/c1-2-16-22-18-17(13-5-3-4-6-15(13)26-18)19(25)23(16)21-10-11-9-12(20)7-8-14(11)24/h7-10,24H,2-6H2,1H3. The molecule has 1 aliphatic rings. The molecule has 0 bridgehead atoms. The highest BCUT2D eigenvalue weighted by atomic mass is 35.5. The van der Waals surface area contributed by atoms with Gasteiger partial charge in [0.15, 0.2) is 0 Å². The zero-order valence-corrected chi connectivity index (χ0v) is 15.9. The topological polar surface area (TPSA) is 67.5 Å². The summed E-state index contributed by atoms with van der Waals surface area (Å²) in [6, 6.07) is 4.71. The maximum atomic E-state index is 13.1. The van der Waals surface area contributed by atoms with Crippen LogP contribution in [0.15, 0.2) is 28.1 Å². The lowest BCUT2D eigenvalue weighted by molar-refractivity contribution is 0.474. The Kier molecular flexibility index (Phi) is 4.54. The van der Waals surface area contributed by atoms with Gasteiger partial charge in [-0.15, -0.1) is 11.3 Å². The average molecular weight is 388 g/mol. The minimum absolute atomic E-state index is 0.0613. The summed E-state index contributed by atoms with van der Waals surface area (Å²) >= 11 is 7.62. The second-order valence-corrected chi connectivity index (χ2v) is 7.86. The van der Waals surface area contributed by atoms with Crippen molar-refractivity contribution in [3.05, 3.63) is 55.4 Å². The number of nitrogens with zero attached hydrogens (tertiary/aromatic N) is 3. The predicted octanol–water partition coefficient (Wildman–Crippen LogP) is 4.14. The summed E-state index contributed by atoms with van der Waals surface area (Å²) < 4.78 is 1.35. The quantitative estimate of drug-likeness (QED) is 0.687. The molecule has 1 aliphatic carbocycles. The first kappa shape index (κ1) is 17.2. The van der Waals surface area contributed by atoms with Crippen molar-refractivity contribution in [3.63, 3.8) is 0 Å². The molecule has 1 aromatic carbocycles. The molecule has 0 aliphatic heterocycles. The second-order valence-electron chi connectivity index (χ2n) is 6.34. The van der Waals surface area contributed by atoms with Crippen molar-refractivity contribution in [3.8, 4) is 5.75 Å². The lowest BCUT2D eigenvalue weighted by Gasteiger charge is -2.10. The summed E-state index contributed by atoms with van der Waals surface area (Å²) in [5, 5.41) is 15.5. The molecule has 134 valence electrons. The molecule has 0 radical (unpaired) electrons. The summed E-state index contributed by atoms with van der Waals surface area (Å²) in [5.74, 6) is 0.671. The molecular weight excluding hydrogens is 370 g/mol. The number of rotatable bonds is 3. The third kappa shape index (κ3) is 2.93. The van der Waals surface area contributed by atoms with Crippen LogP contribution in [0.2, 0.25) is 5.02 Å². The number of phenolic OH excluding ortho intramolecular Hbond substituents is 1. The molecule has 0 spiro atoms. The zero-order valence-electron chi connectivity index (χ0n) is 14.3. The first-order valence-corrected chi connectivity index (χ1v) is 9.87. The van der Waals surface area contributed by atoms with Gasteiger partial charge in [-0.25, -0.2) is 4.98 Å². The van der Waals surface area contributed by atoms with Crippen molar-refractivity contribution in [2.75, 3.05) is 0 Å². The van der Waals surface area contributed by atoms with E-state index < -0.39 is 0 Å². The fourth-order valence-corrected chi connectivity index (χ4v) is 4.79. The molecule has 4 rings (SSSR count). The van der Waals surface area contributed by atoms with Crippen LogP contribution in [-0.4, -0.2) is 21.0 Å². The molecule has 0 unspecified atom stereocenters. The average Bonchev–Trinajstić information content (AvgIpc) is 3.01. The van der Waals surface area contributed by atoms with Gasteiger partial charge in [0.1, 0.15) is 16.4 Å². The SMILES string of the molecule is CCc1nc2sc3c(c2c(=O)n1N=Cc1cc(Cl)ccc1O)CCCC3. The van der Waals surface area contributed by atoms with E-state index in [1.807, 2.05) is 6.92 Å². The van der Waals surface area contributed by atoms with Crippen molar-refractivity contribution in [1.82, 2.24) is 9.66 Å². The van der Waals surface area contributed by atoms with Gasteiger partial charge in [0.05, 0.1) is 11.6 Å². The molecule has 0 saturated carbocycles. The number of aromatic hydroxyl groups is 1. The fraction of sp³-hybridized carbons (Fsp3) is 0.316. The van der Waals surface area contributed by atoms with Crippen LogP contribution in [0.1, 0.15) is 41.6 Å². The van der Waals surface area contributed by atoms with Crippen LogP contribution in [0.3, 0.4) is 0 Å². The van der Waals surface area contributed by atoms with Gasteiger partial charge in [0.2, 0.25) is 0 Å². The number of benzene rings is 1. The van der Waals surface area contributed by atoms with Gasteiger partial charge in [-0.05, 0) is 49.4 Å². The van der Waals surface area contributed by atoms with Gasteiger partial charge in [-0.1, -0.05) is 18.5 Å². The molecule has 2 aromatic heterocycles. The maximum Gasteiger partial charge on any atom is 0.283 e. The third-order valence-corrected chi connectivity index (χ3v) is 6.07.